The molecule has 0 saturated heterocycles. The number of rotatable bonds is 6. The van der Waals surface area contributed by atoms with Gasteiger partial charge in [0.1, 0.15) is 0 Å². The molecule has 0 aliphatic rings. The fourth-order valence-electron chi connectivity index (χ4n) is 0.892. The van der Waals surface area contributed by atoms with Crippen molar-refractivity contribution in [3.63, 3.8) is 0 Å². The minimum Gasteiger partial charge on any atom is -0.394 e. The van der Waals surface area contributed by atoms with Crippen LogP contribution in [0.1, 0.15) is 33.1 Å². The molecule has 0 heterocycles. The molecule has 3 N–H and O–H groups in total. The third-order valence-electron chi connectivity index (χ3n) is 1.86. The highest BCUT2D eigenvalue weighted by molar-refractivity contribution is 5.74. The summed E-state index contributed by atoms with van der Waals surface area (Å²) >= 11 is 0. The minimum atomic E-state index is -0.186. The van der Waals surface area contributed by atoms with Crippen LogP contribution in [0.2, 0.25) is 0 Å². The van der Waals surface area contributed by atoms with Gasteiger partial charge in [-0.05, 0) is 12.8 Å². The molecule has 0 saturated carbocycles. The van der Waals surface area contributed by atoms with Crippen LogP contribution in [0.25, 0.3) is 0 Å². The van der Waals surface area contributed by atoms with Gasteiger partial charge in [-0.2, -0.15) is 0 Å². The first-order valence-electron chi connectivity index (χ1n) is 4.89. The van der Waals surface area contributed by atoms with Gasteiger partial charge in [0.2, 0.25) is 0 Å². The molecule has 4 heteroatoms. The molecule has 0 fully saturated rings. The Hall–Kier alpha value is -0.770. The minimum absolute atomic E-state index is 0.00228. The van der Waals surface area contributed by atoms with Gasteiger partial charge in [0.05, 0.1) is 12.6 Å². The van der Waals surface area contributed by atoms with Crippen molar-refractivity contribution in [2.45, 2.75) is 39.2 Å². The van der Waals surface area contributed by atoms with Crippen LogP contribution in [0.4, 0.5) is 4.79 Å². The molecule has 0 aromatic rings. The molecule has 0 bridgehead atoms. The number of aliphatic hydroxyl groups excluding tert-OH is 1. The Morgan fingerprint density at radius 3 is 2.62 bits per heavy atom. The molecule has 1 atom stereocenters. The van der Waals surface area contributed by atoms with Crippen LogP contribution in [0.5, 0.6) is 0 Å². The fraction of sp³-hybridized carbons (Fsp3) is 0.889. The summed E-state index contributed by atoms with van der Waals surface area (Å²) in [5.74, 6) is 0. The highest BCUT2D eigenvalue weighted by Gasteiger charge is 2.07. The van der Waals surface area contributed by atoms with E-state index >= 15 is 0 Å². The van der Waals surface area contributed by atoms with Crippen LogP contribution in [0, 0.1) is 0 Å². The molecule has 0 aliphatic carbocycles. The standard InChI is InChI=1S/C9H20N2O2/c1-3-5-6-10-9(13)11-8(4-2)7-12/h8,12H,3-7H2,1-2H3,(H2,10,11,13)/t8-/m0/s1. The second-order valence-corrected chi connectivity index (χ2v) is 3.04. The van der Waals surface area contributed by atoms with Crippen molar-refractivity contribution in [2.75, 3.05) is 13.2 Å². The first kappa shape index (κ1) is 12.2. The maximum Gasteiger partial charge on any atom is 0.315 e. The van der Waals surface area contributed by atoms with Crippen molar-refractivity contribution >= 4 is 6.03 Å². The van der Waals surface area contributed by atoms with Crippen LogP contribution in [-0.4, -0.2) is 30.3 Å². The van der Waals surface area contributed by atoms with E-state index in [1.165, 1.54) is 0 Å². The monoisotopic (exact) mass is 188 g/mol. The number of nitrogens with one attached hydrogen (secondary N) is 2. The zero-order valence-corrected chi connectivity index (χ0v) is 8.47. The zero-order chi connectivity index (χ0) is 10.1. The highest BCUT2D eigenvalue weighted by Crippen LogP contribution is 1.88. The van der Waals surface area contributed by atoms with Crippen molar-refractivity contribution in [1.29, 1.82) is 0 Å². The maximum atomic E-state index is 11.1. The van der Waals surface area contributed by atoms with E-state index in [1.54, 1.807) is 0 Å². The molecule has 78 valence electrons. The van der Waals surface area contributed by atoms with Crippen LogP contribution in [0.15, 0.2) is 0 Å². The fourth-order valence-corrected chi connectivity index (χ4v) is 0.892. The zero-order valence-electron chi connectivity index (χ0n) is 8.47. The number of unbranched alkanes of at least 4 members (excludes halogenated alkanes) is 1. The Morgan fingerprint density at radius 1 is 1.46 bits per heavy atom. The first-order chi connectivity index (χ1) is 6.24. The molecule has 0 aliphatic heterocycles. The number of carbonyl (C=O) groups excluding carboxylic acids is 1. The molecule has 0 aromatic heterocycles. The molecule has 13 heavy (non-hydrogen) atoms. The number of amides is 2. The van der Waals surface area contributed by atoms with Crippen LogP contribution in [-0.2, 0) is 0 Å². The van der Waals surface area contributed by atoms with Gasteiger partial charge in [0.15, 0.2) is 0 Å². The van der Waals surface area contributed by atoms with Crippen molar-refractivity contribution in [1.82, 2.24) is 10.6 Å². The average molecular weight is 188 g/mol. The largest absolute Gasteiger partial charge is 0.394 e. The summed E-state index contributed by atoms with van der Waals surface area (Å²) in [6.07, 6.45) is 2.80. The Balaban J connectivity index is 3.48. The SMILES string of the molecule is CCCCNC(=O)N[C@@H](CC)CO. The second-order valence-electron chi connectivity index (χ2n) is 3.04. The Labute approximate surface area is 79.7 Å². The number of aliphatic hydroxyl groups is 1. The topological polar surface area (TPSA) is 61.4 Å². The third kappa shape index (κ3) is 6.40. The quantitative estimate of drug-likeness (QED) is 0.541. The normalized spacial score (nSPS) is 12.2. The summed E-state index contributed by atoms with van der Waals surface area (Å²) in [4.78, 5) is 11.1. The lowest BCUT2D eigenvalue weighted by Gasteiger charge is -2.14. The third-order valence-corrected chi connectivity index (χ3v) is 1.86. The first-order valence-corrected chi connectivity index (χ1v) is 4.89. The predicted molar refractivity (Wildman–Crippen MR) is 52.6 cm³/mol. The van der Waals surface area contributed by atoms with E-state index in [9.17, 15) is 4.79 Å². The lowest BCUT2D eigenvalue weighted by molar-refractivity contribution is 0.214. The van der Waals surface area contributed by atoms with Gasteiger partial charge in [0, 0.05) is 6.54 Å². The Kier molecular flexibility index (Phi) is 7.39. The molecular formula is C9H20N2O2. The summed E-state index contributed by atoms with van der Waals surface area (Å²) in [7, 11) is 0. The lowest BCUT2D eigenvalue weighted by atomic mass is 10.2. The maximum absolute atomic E-state index is 11.1. The van der Waals surface area contributed by atoms with Crippen LogP contribution < -0.4 is 10.6 Å². The van der Waals surface area contributed by atoms with E-state index < -0.39 is 0 Å². The molecule has 0 unspecified atom stereocenters. The summed E-state index contributed by atoms with van der Waals surface area (Å²) < 4.78 is 0. The van der Waals surface area contributed by atoms with Gasteiger partial charge < -0.3 is 15.7 Å². The predicted octanol–water partition coefficient (Wildman–Crippen LogP) is 0.857. The van der Waals surface area contributed by atoms with Gasteiger partial charge in [-0.15, -0.1) is 0 Å². The summed E-state index contributed by atoms with van der Waals surface area (Å²) in [6, 6.07) is -0.309. The lowest BCUT2D eigenvalue weighted by Crippen LogP contribution is -2.43. The number of hydrogen-bond acceptors (Lipinski definition) is 2. The molecular weight excluding hydrogens is 168 g/mol. The van der Waals surface area contributed by atoms with Gasteiger partial charge in [-0.25, -0.2) is 4.79 Å². The number of carbonyl (C=O) groups is 1. The summed E-state index contributed by atoms with van der Waals surface area (Å²) in [5, 5.41) is 14.2. The van der Waals surface area contributed by atoms with Gasteiger partial charge in [0.25, 0.3) is 0 Å². The average Bonchev–Trinajstić information content (AvgIpc) is 2.14. The molecule has 4 nitrogen and oxygen atoms in total. The van der Waals surface area contributed by atoms with Crippen molar-refractivity contribution in [3.8, 4) is 0 Å². The van der Waals surface area contributed by atoms with E-state index in [-0.39, 0.29) is 18.7 Å². The Morgan fingerprint density at radius 2 is 2.15 bits per heavy atom. The second kappa shape index (κ2) is 7.86. The van der Waals surface area contributed by atoms with Crippen LogP contribution in [0.3, 0.4) is 0 Å². The summed E-state index contributed by atoms with van der Waals surface area (Å²) in [5.41, 5.74) is 0. The van der Waals surface area contributed by atoms with E-state index in [4.69, 9.17) is 5.11 Å². The molecule has 0 aromatic carbocycles. The van der Waals surface area contributed by atoms with E-state index in [0.717, 1.165) is 19.3 Å². The summed E-state index contributed by atoms with van der Waals surface area (Å²) in [6.45, 7) is 4.69. The van der Waals surface area contributed by atoms with Gasteiger partial charge in [-0.3, -0.25) is 0 Å². The molecule has 0 rings (SSSR count). The van der Waals surface area contributed by atoms with Gasteiger partial charge >= 0.3 is 6.03 Å². The highest BCUT2D eigenvalue weighted by atomic mass is 16.3. The van der Waals surface area contributed by atoms with Crippen molar-refractivity contribution in [3.05, 3.63) is 0 Å². The van der Waals surface area contributed by atoms with Gasteiger partial charge in [-0.1, -0.05) is 20.3 Å². The van der Waals surface area contributed by atoms with E-state index in [0.29, 0.717) is 6.54 Å². The number of urea groups is 1. The van der Waals surface area contributed by atoms with E-state index in [1.807, 2.05) is 6.92 Å². The molecule has 0 radical (unpaired) electrons. The van der Waals surface area contributed by atoms with Crippen molar-refractivity contribution in [2.24, 2.45) is 0 Å². The van der Waals surface area contributed by atoms with Crippen LogP contribution >= 0.6 is 0 Å². The molecule has 0 spiro atoms. The molecule has 2 amide bonds. The van der Waals surface area contributed by atoms with Crippen molar-refractivity contribution < 1.29 is 9.90 Å². The number of hydrogen-bond donors (Lipinski definition) is 3. The smallest absolute Gasteiger partial charge is 0.315 e. The Bertz CT molecular complexity index is 136. The van der Waals surface area contributed by atoms with E-state index in [2.05, 4.69) is 17.6 Å².